The van der Waals surface area contributed by atoms with Gasteiger partial charge in [0.2, 0.25) is 0 Å². The van der Waals surface area contributed by atoms with Crippen LogP contribution in [0.15, 0.2) is 36.4 Å². The van der Waals surface area contributed by atoms with Crippen molar-refractivity contribution in [2.45, 2.75) is 19.3 Å². The summed E-state index contributed by atoms with van der Waals surface area (Å²) in [5.74, 6) is -0.0104. The molecule has 2 aromatic carbocycles. The van der Waals surface area contributed by atoms with Crippen LogP contribution in [0.3, 0.4) is 0 Å². The number of carbonyl (C=O) groups excluding carboxylic acids is 2. The Balaban J connectivity index is 1.65. The molecule has 0 aliphatic carbocycles. The Kier molecular flexibility index (Phi) is 8.14. The second kappa shape index (κ2) is 10.8. The molecule has 156 valence electrons. The predicted octanol–water partition coefficient (Wildman–Crippen LogP) is 2.45. The smallest absolute Gasteiger partial charge is 0.251 e. The van der Waals surface area contributed by atoms with Crippen molar-refractivity contribution in [2.75, 3.05) is 27.3 Å². The lowest BCUT2D eigenvalue weighted by molar-refractivity contribution is 0.0947. The standard InChI is InChI=1S/C21H26N2O6/c1-28-18-12-14(6-8-16(18)24)20(26)22-10-4-3-5-11-23-21(27)15-7-9-17(25)19(13-15)29-2/h6-9,12-13,24-25H,3-5,10-11H2,1-2H3,(H,22,26)(H,23,27). The number of amides is 2. The van der Waals surface area contributed by atoms with Gasteiger partial charge in [0.05, 0.1) is 14.2 Å². The number of phenols is 2. The van der Waals surface area contributed by atoms with Crippen LogP contribution in [-0.2, 0) is 0 Å². The normalized spacial score (nSPS) is 10.3. The maximum absolute atomic E-state index is 12.1. The molecular weight excluding hydrogens is 376 g/mol. The number of methoxy groups -OCH3 is 2. The molecule has 0 aromatic heterocycles. The van der Waals surface area contributed by atoms with Crippen LogP contribution in [0.4, 0.5) is 0 Å². The summed E-state index contributed by atoms with van der Waals surface area (Å²) in [4.78, 5) is 24.2. The van der Waals surface area contributed by atoms with Crippen LogP contribution < -0.4 is 20.1 Å². The molecule has 2 aromatic rings. The van der Waals surface area contributed by atoms with Crippen LogP contribution in [0.1, 0.15) is 40.0 Å². The summed E-state index contributed by atoms with van der Waals surface area (Å²) in [5.41, 5.74) is 0.826. The van der Waals surface area contributed by atoms with Gasteiger partial charge in [-0.3, -0.25) is 9.59 Å². The van der Waals surface area contributed by atoms with Gasteiger partial charge in [0, 0.05) is 24.2 Å². The summed E-state index contributed by atoms with van der Waals surface area (Å²) in [6, 6.07) is 8.86. The van der Waals surface area contributed by atoms with Crippen molar-refractivity contribution in [1.82, 2.24) is 10.6 Å². The molecule has 8 nitrogen and oxygen atoms in total. The Morgan fingerprint density at radius 1 is 0.759 bits per heavy atom. The third kappa shape index (κ3) is 6.31. The lowest BCUT2D eigenvalue weighted by atomic mass is 10.1. The molecule has 8 heteroatoms. The van der Waals surface area contributed by atoms with Crippen LogP contribution >= 0.6 is 0 Å². The van der Waals surface area contributed by atoms with Gasteiger partial charge in [-0.05, 0) is 55.7 Å². The fourth-order valence-electron chi connectivity index (χ4n) is 2.67. The Morgan fingerprint density at radius 3 is 1.55 bits per heavy atom. The maximum Gasteiger partial charge on any atom is 0.251 e. The second-order valence-electron chi connectivity index (χ2n) is 6.35. The van der Waals surface area contributed by atoms with Gasteiger partial charge in [-0.2, -0.15) is 0 Å². The van der Waals surface area contributed by atoms with E-state index in [1.165, 1.54) is 50.6 Å². The number of benzene rings is 2. The van der Waals surface area contributed by atoms with Crippen molar-refractivity contribution in [3.05, 3.63) is 47.5 Å². The van der Waals surface area contributed by atoms with E-state index in [9.17, 15) is 19.8 Å². The molecule has 4 N–H and O–H groups in total. The lowest BCUT2D eigenvalue weighted by Crippen LogP contribution is -2.26. The lowest BCUT2D eigenvalue weighted by Gasteiger charge is -2.09. The second-order valence-corrected chi connectivity index (χ2v) is 6.35. The summed E-state index contributed by atoms with van der Waals surface area (Å²) in [6.45, 7) is 1.01. The summed E-state index contributed by atoms with van der Waals surface area (Å²) >= 11 is 0. The fourth-order valence-corrected chi connectivity index (χ4v) is 2.67. The Hall–Kier alpha value is -3.42. The van der Waals surface area contributed by atoms with Crippen molar-refractivity contribution in [3.63, 3.8) is 0 Å². The number of unbranched alkanes of at least 4 members (excludes halogenated alkanes) is 2. The average molecular weight is 402 g/mol. The molecule has 0 fully saturated rings. The zero-order valence-corrected chi connectivity index (χ0v) is 16.5. The summed E-state index contributed by atoms with van der Waals surface area (Å²) in [5, 5.41) is 24.7. The Morgan fingerprint density at radius 2 is 1.17 bits per heavy atom. The minimum absolute atomic E-state index is 0.0168. The van der Waals surface area contributed by atoms with E-state index in [-0.39, 0.29) is 34.8 Å². The van der Waals surface area contributed by atoms with Crippen molar-refractivity contribution in [1.29, 1.82) is 0 Å². The predicted molar refractivity (Wildman–Crippen MR) is 108 cm³/mol. The van der Waals surface area contributed by atoms with Gasteiger partial charge < -0.3 is 30.3 Å². The SMILES string of the molecule is COc1cc(C(=O)NCCCCCNC(=O)c2ccc(O)c(OC)c2)ccc1O. The third-order valence-electron chi connectivity index (χ3n) is 4.31. The highest BCUT2D eigenvalue weighted by atomic mass is 16.5. The van der Waals surface area contributed by atoms with Crippen LogP contribution in [0.2, 0.25) is 0 Å². The van der Waals surface area contributed by atoms with Crippen molar-refractivity contribution in [2.24, 2.45) is 0 Å². The molecule has 2 rings (SSSR count). The summed E-state index contributed by atoms with van der Waals surface area (Å²) in [6.07, 6.45) is 2.37. The first-order valence-electron chi connectivity index (χ1n) is 9.26. The molecule has 29 heavy (non-hydrogen) atoms. The largest absolute Gasteiger partial charge is 0.504 e. The third-order valence-corrected chi connectivity index (χ3v) is 4.31. The number of ether oxygens (including phenoxy) is 2. The van der Waals surface area contributed by atoms with E-state index in [1.807, 2.05) is 0 Å². The van der Waals surface area contributed by atoms with Crippen LogP contribution in [-0.4, -0.2) is 49.3 Å². The monoisotopic (exact) mass is 402 g/mol. The highest BCUT2D eigenvalue weighted by Gasteiger charge is 2.10. The maximum atomic E-state index is 12.1. The first-order valence-corrected chi connectivity index (χ1v) is 9.26. The van der Waals surface area contributed by atoms with E-state index in [1.54, 1.807) is 0 Å². The number of hydrogen-bond acceptors (Lipinski definition) is 6. The molecule has 0 atom stereocenters. The zero-order valence-electron chi connectivity index (χ0n) is 16.5. The molecule has 2 amide bonds. The molecule has 0 saturated carbocycles. The van der Waals surface area contributed by atoms with E-state index in [4.69, 9.17) is 9.47 Å². The minimum atomic E-state index is -0.238. The topological polar surface area (TPSA) is 117 Å². The number of carbonyl (C=O) groups is 2. The average Bonchev–Trinajstić information content (AvgIpc) is 2.73. The van der Waals surface area contributed by atoms with Crippen LogP contribution in [0.25, 0.3) is 0 Å². The quantitative estimate of drug-likeness (QED) is 0.454. The van der Waals surface area contributed by atoms with Gasteiger partial charge in [-0.1, -0.05) is 0 Å². The van der Waals surface area contributed by atoms with E-state index < -0.39 is 0 Å². The molecule has 0 radical (unpaired) electrons. The molecule has 0 bridgehead atoms. The van der Waals surface area contributed by atoms with Gasteiger partial charge in [-0.25, -0.2) is 0 Å². The number of rotatable bonds is 10. The first-order chi connectivity index (χ1) is 14.0. The van der Waals surface area contributed by atoms with E-state index in [0.29, 0.717) is 24.2 Å². The molecule has 0 saturated heterocycles. The van der Waals surface area contributed by atoms with E-state index in [0.717, 1.165) is 19.3 Å². The van der Waals surface area contributed by atoms with Gasteiger partial charge in [-0.15, -0.1) is 0 Å². The van der Waals surface area contributed by atoms with Gasteiger partial charge in [0.25, 0.3) is 11.8 Å². The number of nitrogens with one attached hydrogen (secondary N) is 2. The number of hydrogen-bond donors (Lipinski definition) is 4. The number of aromatic hydroxyl groups is 2. The fraction of sp³-hybridized carbons (Fsp3) is 0.333. The molecule has 0 aliphatic heterocycles. The van der Waals surface area contributed by atoms with Crippen LogP contribution in [0.5, 0.6) is 23.0 Å². The highest BCUT2D eigenvalue weighted by Crippen LogP contribution is 2.27. The highest BCUT2D eigenvalue weighted by molar-refractivity contribution is 5.95. The molecular formula is C21H26N2O6. The summed E-state index contributed by atoms with van der Waals surface area (Å²) in [7, 11) is 2.85. The van der Waals surface area contributed by atoms with E-state index >= 15 is 0 Å². The van der Waals surface area contributed by atoms with Gasteiger partial charge in [0.15, 0.2) is 23.0 Å². The first kappa shape index (κ1) is 21.9. The molecule has 0 spiro atoms. The molecule has 0 unspecified atom stereocenters. The van der Waals surface area contributed by atoms with E-state index in [2.05, 4.69) is 10.6 Å². The Bertz CT molecular complexity index is 784. The van der Waals surface area contributed by atoms with Crippen molar-refractivity contribution in [3.8, 4) is 23.0 Å². The summed E-state index contributed by atoms with van der Waals surface area (Å²) < 4.78 is 9.98. The van der Waals surface area contributed by atoms with Crippen molar-refractivity contribution < 1.29 is 29.3 Å². The minimum Gasteiger partial charge on any atom is -0.504 e. The molecule has 0 aliphatic rings. The van der Waals surface area contributed by atoms with Gasteiger partial charge >= 0.3 is 0 Å². The van der Waals surface area contributed by atoms with Crippen molar-refractivity contribution >= 4 is 11.8 Å². The molecule has 0 heterocycles. The van der Waals surface area contributed by atoms with Gasteiger partial charge in [0.1, 0.15) is 0 Å². The van der Waals surface area contributed by atoms with Crippen LogP contribution in [0, 0.1) is 0 Å². The number of phenolic OH excluding ortho intramolecular Hbond substituents is 2. The Labute approximate surface area is 169 Å². The zero-order chi connectivity index (χ0) is 21.2.